The third-order valence-electron chi connectivity index (χ3n) is 3.42. The van der Waals surface area contributed by atoms with Crippen LogP contribution >= 0.6 is 11.6 Å². The normalized spacial score (nSPS) is 18.4. The van der Waals surface area contributed by atoms with Gasteiger partial charge in [0.15, 0.2) is 0 Å². The highest BCUT2D eigenvalue weighted by Gasteiger charge is 2.33. The van der Waals surface area contributed by atoms with Crippen LogP contribution in [0.15, 0.2) is 18.2 Å². The fourth-order valence-electron chi connectivity index (χ4n) is 2.19. The number of likely N-dealkylation sites (tertiary alicyclic amines) is 1. The Morgan fingerprint density at radius 3 is 2.80 bits per heavy atom. The molecule has 0 aromatic heterocycles. The number of nitro groups is 1. The van der Waals surface area contributed by atoms with Crippen LogP contribution in [-0.4, -0.2) is 28.2 Å². The Bertz CT molecular complexity index is 588. The first kappa shape index (κ1) is 14.5. The van der Waals surface area contributed by atoms with Crippen LogP contribution < -0.4 is 0 Å². The molecule has 0 N–H and O–H groups in total. The molecule has 0 bridgehead atoms. The summed E-state index contributed by atoms with van der Waals surface area (Å²) in [5.41, 5.74) is -0.234. The molecule has 7 heteroatoms. The molecule has 1 aromatic rings. The number of imide groups is 1. The van der Waals surface area contributed by atoms with Gasteiger partial charge in [-0.1, -0.05) is 24.9 Å². The van der Waals surface area contributed by atoms with Crippen LogP contribution in [0.25, 0.3) is 0 Å². The van der Waals surface area contributed by atoms with Crippen molar-refractivity contribution >= 4 is 29.1 Å². The molecule has 1 fully saturated rings. The molecule has 20 heavy (non-hydrogen) atoms. The molecule has 1 aliphatic heterocycles. The number of carbonyl (C=O) groups is 2. The summed E-state index contributed by atoms with van der Waals surface area (Å²) in [6.07, 6.45) is 1.16. The van der Waals surface area contributed by atoms with E-state index in [0.717, 1.165) is 17.4 Å². The maximum absolute atomic E-state index is 12.2. The summed E-state index contributed by atoms with van der Waals surface area (Å²) in [6.45, 7) is 2.32. The molecule has 1 saturated heterocycles. The van der Waals surface area contributed by atoms with Crippen molar-refractivity contribution < 1.29 is 14.5 Å². The predicted octanol–water partition coefficient (Wildman–Crippen LogP) is 2.65. The number of benzene rings is 1. The Hall–Kier alpha value is -1.95. The summed E-state index contributed by atoms with van der Waals surface area (Å²) in [5, 5.41) is 10.8. The van der Waals surface area contributed by atoms with E-state index in [4.69, 9.17) is 11.6 Å². The maximum atomic E-state index is 12.2. The average Bonchev–Trinajstić information content (AvgIpc) is 2.79. The van der Waals surface area contributed by atoms with Crippen molar-refractivity contribution in [2.24, 2.45) is 5.92 Å². The van der Waals surface area contributed by atoms with Crippen LogP contribution in [0.2, 0.25) is 5.02 Å². The van der Waals surface area contributed by atoms with E-state index in [1.807, 2.05) is 6.92 Å². The molecule has 1 aliphatic rings. The second-order valence-corrected chi connectivity index (χ2v) is 5.12. The van der Waals surface area contributed by atoms with Gasteiger partial charge in [-0.15, -0.1) is 0 Å². The first-order valence-electron chi connectivity index (χ1n) is 6.22. The Balaban J connectivity index is 2.28. The number of nitro benzene ring substituents is 1. The Labute approximate surface area is 120 Å². The maximum Gasteiger partial charge on any atom is 0.288 e. The van der Waals surface area contributed by atoms with Gasteiger partial charge >= 0.3 is 0 Å². The van der Waals surface area contributed by atoms with Crippen molar-refractivity contribution in [2.75, 3.05) is 6.54 Å². The van der Waals surface area contributed by atoms with Crippen LogP contribution in [0.1, 0.15) is 30.1 Å². The number of hydrogen-bond acceptors (Lipinski definition) is 4. The van der Waals surface area contributed by atoms with Gasteiger partial charge in [0, 0.05) is 24.6 Å². The zero-order valence-electron chi connectivity index (χ0n) is 10.8. The second-order valence-electron chi connectivity index (χ2n) is 4.71. The summed E-state index contributed by atoms with van der Waals surface area (Å²) in [4.78, 5) is 35.3. The summed E-state index contributed by atoms with van der Waals surface area (Å²) in [7, 11) is 0. The second kappa shape index (κ2) is 5.58. The molecule has 0 aliphatic carbocycles. The average molecular weight is 297 g/mol. The van der Waals surface area contributed by atoms with Crippen LogP contribution in [0.5, 0.6) is 0 Å². The third-order valence-corrected chi connectivity index (χ3v) is 3.74. The van der Waals surface area contributed by atoms with Gasteiger partial charge in [0.25, 0.3) is 11.6 Å². The molecule has 0 saturated carbocycles. The molecular weight excluding hydrogens is 284 g/mol. The van der Waals surface area contributed by atoms with Gasteiger partial charge in [0.2, 0.25) is 5.91 Å². The minimum absolute atomic E-state index is 0.0364. The minimum Gasteiger partial charge on any atom is -0.278 e. The highest BCUT2D eigenvalue weighted by Crippen LogP contribution is 2.27. The van der Waals surface area contributed by atoms with Gasteiger partial charge in [0.05, 0.1) is 4.92 Å². The van der Waals surface area contributed by atoms with Gasteiger partial charge in [-0.25, -0.2) is 0 Å². The van der Waals surface area contributed by atoms with Crippen molar-refractivity contribution in [2.45, 2.75) is 19.8 Å². The van der Waals surface area contributed by atoms with E-state index in [9.17, 15) is 19.7 Å². The van der Waals surface area contributed by atoms with E-state index in [2.05, 4.69) is 0 Å². The number of amides is 2. The van der Waals surface area contributed by atoms with Crippen molar-refractivity contribution in [3.05, 3.63) is 38.9 Å². The van der Waals surface area contributed by atoms with E-state index < -0.39 is 10.8 Å². The molecule has 0 spiro atoms. The number of carbonyl (C=O) groups excluding carboxylic acids is 2. The molecule has 6 nitrogen and oxygen atoms in total. The number of rotatable bonds is 3. The van der Waals surface area contributed by atoms with Gasteiger partial charge < -0.3 is 0 Å². The smallest absolute Gasteiger partial charge is 0.278 e. The highest BCUT2D eigenvalue weighted by molar-refractivity contribution is 6.32. The van der Waals surface area contributed by atoms with Crippen LogP contribution in [0.4, 0.5) is 5.69 Å². The standard InChI is InChI=1S/C13H13ClN2O4/c1-2-8-5-12(17)15(7-8)13(18)9-3-4-10(14)11(6-9)16(19)20/h3-4,6,8H,2,5,7H2,1H3. The molecule has 1 heterocycles. The van der Waals surface area contributed by atoms with Gasteiger partial charge in [-0.05, 0) is 18.1 Å². The lowest BCUT2D eigenvalue weighted by Crippen LogP contribution is -2.32. The van der Waals surface area contributed by atoms with E-state index in [1.165, 1.54) is 12.1 Å². The van der Waals surface area contributed by atoms with Crippen molar-refractivity contribution in [3.8, 4) is 0 Å². The minimum atomic E-state index is -0.653. The lowest BCUT2D eigenvalue weighted by Gasteiger charge is -2.14. The summed E-state index contributed by atoms with van der Waals surface area (Å²) in [5.74, 6) is -0.584. The van der Waals surface area contributed by atoms with Gasteiger partial charge in [0.1, 0.15) is 5.02 Å². The van der Waals surface area contributed by atoms with Gasteiger partial charge in [-0.3, -0.25) is 24.6 Å². The largest absolute Gasteiger partial charge is 0.288 e. The van der Waals surface area contributed by atoms with E-state index in [0.29, 0.717) is 13.0 Å². The van der Waals surface area contributed by atoms with Crippen LogP contribution in [0.3, 0.4) is 0 Å². The molecule has 0 radical (unpaired) electrons. The molecule has 2 rings (SSSR count). The zero-order chi connectivity index (χ0) is 14.9. The van der Waals surface area contributed by atoms with E-state index in [-0.39, 0.29) is 28.1 Å². The first-order valence-corrected chi connectivity index (χ1v) is 6.60. The molecule has 2 amide bonds. The van der Waals surface area contributed by atoms with Crippen molar-refractivity contribution in [1.29, 1.82) is 0 Å². The number of hydrogen-bond donors (Lipinski definition) is 0. The highest BCUT2D eigenvalue weighted by atomic mass is 35.5. The van der Waals surface area contributed by atoms with E-state index in [1.54, 1.807) is 0 Å². The first-order chi connectivity index (χ1) is 9.43. The monoisotopic (exact) mass is 296 g/mol. The number of halogens is 1. The van der Waals surface area contributed by atoms with Crippen molar-refractivity contribution in [3.63, 3.8) is 0 Å². The van der Waals surface area contributed by atoms with Crippen LogP contribution in [-0.2, 0) is 4.79 Å². The third kappa shape index (κ3) is 2.65. The summed E-state index contributed by atoms with van der Waals surface area (Å²) in [6, 6.07) is 3.80. The predicted molar refractivity (Wildman–Crippen MR) is 72.5 cm³/mol. The fourth-order valence-corrected chi connectivity index (χ4v) is 2.38. The Morgan fingerprint density at radius 2 is 2.25 bits per heavy atom. The molecule has 106 valence electrons. The molecule has 1 unspecified atom stereocenters. The lowest BCUT2D eigenvalue weighted by atomic mass is 10.1. The van der Waals surface area contributed by atoms with E-state index >= 15 is 0 Å². The summed E-state index contributed by atoms with van der Waals surface area (Å²) >= 11 is 5.70. The fraction of sp³-hybridized carbons (Fsp3) is 0.385. The number of nitrogens with zero attached hydrogens (tertiary/aromatic N) is 2. The Morgan fingerprint density at radius 1 is 1.55 bits per heavy atom. The molecule has 1 aromatic carbocycles. The van der Waals surface area contributed by atoms with Crippen molar-refractivity contribution in [1.82, 2.24) is 4.90 Å². The topological polar surface area (TPSA) is 80.5 Å². The van der Waals surface area contributed by atoms with Gasteiger partial charge in [-0.2, -0.15) is 0 Å². The lowest BCUT2D eigenvalue weighted by molar-refractivity contribution is -0.384. The Kier molecular flexibility index (Phi) is 4.04. The zero-order valence-corrected chi connectivity index (χ0v) is 11.6. The summed E-state index contributed by atoms with van der Waals surface area (Å²) < 4.78 is 0. The quantitative estimate of drug-likeness (QED) is 0.488. The molecule has 1 atom stereocenters. The SMILES string of the molecule is CCC1CC(=O)N(C(=O)c2ccc(Cl)c([N+](=O)[O-])c2)C1. The van der Waals surface area contributed by atoms with Crippen LogP contribution in [0, 0.1) is 16.0 Å². The molecular formula is C13H13ClN2O4.